The molecule has 0 saturated heterocycles. The smallest absolute Gasteiger partial charge is 0.322 e. The second kappa shape index (κ2) is 9.32. The summed E-state index contributed by atoms with van der Waals surface area (Å²) in [7, 11) is -1.74. The van der Waals surface area contributed by atoms with Gasteiger partial charge in [-0.3, -0.25) is 4.79 Å². The fourth-order valence-corrected chi connectivity index (χ4v) is 4.70. The Labute approximate surface area is 187 Å². The minimum atomic E-state index is -3.37. The molecule has 0 atom stereocenters. The van der Waals surface area contributed by atoms with Gasteiger partial charge in [0, 0.05) is 24.4 Å². The van der Waals surface area contributed by atoms with Gasteiger partial charge in [-0.1, -0.05) is 19.1 Å². The molecule has 0 spiro atoms. The zero-order chi connectivity index (χ0) is 23.5. The minimum Gasteiger partial charge on any atom is -0.423 e. The van der Waals surface area contributed by atoms with Crippen molar-refractivity contribution in [1.29, 1.82) is 5.26 Å². The summed E-state index contributed by atoms with van der Waals surface area (Å²) in [4.78, 5) is 20.9. The molecular formula is C23H24N4O4S. The van der Waals surface area contributed by atoms with Crippen molar-refractivity contribution >= 4 is 9.84 Å². The third kappa shape index (κ3) is 5.21. The second-order valence-corrected chi connectivity index (χ2v) is 9.80. The SMILES string of the molecule is CCCS(=O)(=O)Cc1cc(-c2cc(C)c(=O)n(C)c2)nc(Oc2c(C)cccc2C#N)n1. The highest BCUT2D eigenvalue weighted by Crippen LogP contribution is 2.29. The zero-order valence-corrected chi connectivity index (χ0v) is 19.2. The van der Waals surface area contributed by atoms with Crippen molar-refractivity contribution in [3.63, 3.8) is 0 Å². The number of sulfone groups is 1. The first kappa shape index (κ1) is 23.2. The van der Waals surface area contributed by atoms with Crippen LogP contribution < -0.4 is 10.3 Å². The zero-order valence-electron chi connectivity index (χ0n) is 18.4. The second-order valence-electron chi connectivity index (χ2n) is 7.61. The standard InChI is InChI=1S/C23H24N4O4S/c1-5-9-32(29,30)14-19-11-20(18-10-16(3)22(28)27(4)13-18)26-23(25-19)31-21-15(2)7-6-8-17(21)12-24/h6-8,10-11,13H,5,9,14H2,1-4H3. The number of hydrogen-bond acceptors (Lipinski definition) is 7. The van der Waals surface area contributed by atoms with Crippen LogP contribution in [0.15, 0.2) is 41.3 Å². The van der Waals surface area contributed by atoms with E-state index < -0.39 is 9.84 Å². The van der Waals surface area contributed by atoms with E-state index in [1.54, 1.807) is 64.3 Å². The number of nitriles is 1. The van der Waals surface area contributed by atoms with Gasteiger partial charge in [0.25, 0.3) is 5.56 Å². The first-order valence-corrected chi connectivity index (χ1v) is 11.9. The first-order valence-electron chi connectivity index (χ1n) is 10.1. The number of aryl methyl sites for hydroxylation is 3. The summed E-state index contributed by atoms with van der Waals surface area (Å²) in [5.74, 6) is 0.0833. The van der Waals surface area contributed by atoms with Gasteiger partial charge in [0.1, 0.15) is 6.07 Å². The van der Waals surface area contributed by atoms with Gasteiger partial charge in [0.15, 0.2) is 15.6 Å². The number of hydrogen-bond donors (Lipinski definition) is 0. The molecule has 3 rings (SSSR count). The van der Waals surface area contributed by atoms with Crippen LogP contribution in [0.2, 0.25) is 0 Å². The van der Waals surface area contributed by atoms with Gasteiger partial charge in [-0.15, -0.1) is 0 Å². The van der Waals surface area contributed by atoms with Gasteiger partial charge in [-0.05, 0) is 44.0 Å². The molecule has 2 aromatic heterocycles. The molecule has 0 saturated carbocycles. The average molecular weight is 453 g/mol. The lowest BCUT2D eigenvalue weighted by atomic mass is 10.1. The van der Waals surface area contributed by atoms with E-state index in [0.717, 1.165) is 5.56 Å². The van der Waals surface area contributed by atoms with Crippen molar-refractivity contribution in [2.45, 2.75) is 32.9 Å². The number of benzene rings is 1. The molecule has 0 unspecified atom stereocenters. The largest absolute Gasteiger partial charge is 0.423 e. The Hall–Kier alpha value is -3.51. The van der Waals surface area contributed by atoms with Crippen LogP contribution in [0.5, 0.6) is 11.8 Å². The lowest BCUT2D eigenvalue weighted by Gasteiger charge is -2.12. The fraction of sp³-hybridized carbons (Fsp3) is 0.304. The van der Waals surface area contributed by atoms with E-state index in [-0.39, 0.29) is 28.8 Å². The van der Waals surface area contributed by atoms with Gasteiger partial charge in [0.2, 0.25) is 0 Å². The molecule has 166 valence electrons. The highest BCUT2D eigenvalue weighted by molar-refractivity contribution is 7.90. The summed E-state index contributed by atoms with van der Waals surface area (Å²) in [6.45, 7) is 5.29. The summed E-state index contributed by atoms with van der Waals surface area (Å²) < 4.78 is 32.2. The van der Waals surface area contributed by atoms with Crippen LogP contribution >= 0.6 is 0 Å². The summed E-state index contributed by atoms with van der Waals surface area (Å²) in [6.07, 6.45) is 2.12. The van der Waals surface area contributed by atoms with Crippen LogP contribution in [0.1, 0.15) is 35.7 Å². The van der Waals surface area contributed by atoms with E-state index in [0.29, 0.717) is 34.6 Å². The topological polar surface area (TPSA) is 115 Å². The van der Waals surface area contributed by atoms with E-state index in [1.807, 2.05) is 0 Å². The molecule has 8 nitrogen and oxygen atoms in total. The average Bonchev–Trinajstić information content (AvgIpc) is 2.72. The molecule has 0 aliphatic rings. The predicted octanol–water partition coefficient (Wildman–Crippen LogP) is 3.45. The molecule has 9 heteroatoms. The van der Waals surface area contributed by atoms with Gasteiger partial charge in [-0.2, -0.15) is 15.2 Å². The molecule has 0 bridgehead atoms. The van der Waals surface area contributed by atoms with Gasteiger partial charge in [0.05, 0.1) is 28.5 Å². The van der Waals surface area contributed by atoms with E-state index in [4.69, 9.17) is 4.74 Å². The van der Waals surface area contributed by atoms with Crippen LogP contribution in [0.3, 0.4) is 0 Å². The van der Waals surface area contributed by atoms with Crippen LogP contribution in [0.25, 0.3) is 11.3 Å². The van der Waals surface area contributed by atoms with Crippen molar-refractivity contribution in [1.82, 2.24) is 14.5 Å². The van der Waals surface area contributed by atoms with Crippen molar-refractivity contribution in [3.8, 4) is 29.1 Å². The predicted molar refractivity (Wildman–Crippen MR) is 121 cm³/mol. The molecule has 3 aromatic rings. The third-order valence-corrected chi connectivity index (χ3v) is 6.59. The number of nitrogens with zero attached hydrogens (tertiary/aromatic N) is 4. The van der Waals surface area contributed by atoms with E-state index in [9.17, 15) is 18.5 Å². The Morgan fingerprint density at radius 2 is 1.91 bits per heavy atom. The molecule has 1 aromatic carbocycles. The number of pyridine rings is 1. The van der Waals surface area contributed by atoms with Crippen LogP contribution in [0.4, 0.5) is 0 Å². The van der Waals surface area contributed by atoms with Gasteiger partial charge < -0.3 is 9.30 Å². The molecule has 0 aliphatic heterocycles. The monoisotopic (exact) mass is 452 g/mol. The van der Waals surface area contributed by atoms with Crippen LogP contribution in [-0.2, 0) is 22.6 Å². The molecule has 0 aliphatic carbocycles. The van der Waals surface area contributed by atoms with Crippen LogP contribution in [-0.4, -0.2) is 28.7 Å². The molecule has 0 amide bonds. The summed E-state index contributed by atoms with van der Waals surface area (Å²) in [5, 5.41) is 9.42. The van der Waals surface area contributed by atoms with Crippen LogP contribution in [0, 0.1) is 25.2 Å². The number of ether oxygens (including phenoxy) is 1. The lowest BCUT2D eigenvalue weighted by Crippen LogP contribution is -2.18. The van der Waals surface area contributed by atoms with E-state index >= 15 is 0 Å². The maximum atomic E-state index is 12.4. The van der Waals surface area contributed by atoms with E-state index in [2.05, 4.69) is 16.0 Å². The number of para-hydroxylation sites is 1. The van der Waals surface area contributed by atoms with Gasteiger partial charge in [-0.25, -0.2) is 8.42 Å². The maximum Gasteiger partial charge on any atom is 0.322 e. The molecule has 2 heterocycles. The van der Waals surface area contributed by atoms with Gasteiger partial charge >= 0.3 is 6.01 Å². The highest BCUT2D eigenvalue weighted by atomic mass is 32.2. The number of aromatic nitrogens is 3. The fourth-order valence-electron chi connectivity index (χ4n) is 3.33. The lowest BCUT2D eigenvalue weighted by molar-refractivity contribution is 0.436. The maximum absolute atomic E-state index is 12.4. The quantitative estimate of drug-likeness (QED) is 0.539. The molecule has 0 radical (unpaired) electrons. The van der Waals surface area contributed by atoms with Crippen molar-refractivity contribution in [2.75, 3.05) is 5.75 Å². The summed E-state index contributed by atoms with van der Waals surface area (Å²) >= 11 is 0. The van der Waals surface area contributed by atoms with Crippen molar-refractivity contribution < 1.29 is 13.2 Å². The third-order valence-electron chi connectivity index (χ3n) is 4.83. The Bertz CT molecular complexity index is 1350. The Kier molecular flexibility index (Phi) is 6.75. The molecular weight excluding hydrogens is 428 g/mol. The molecule has 0 fully saturated rings. The minimum absolute atomic E-state index is 0.0395. The first-order chi connectivity index (χ1) is 15.1. The highest BCUT2D eigenvalue weighted by Gasteiger charge is 2.18. The Balaban J connectivity index is 2.15. The molecule has 32 heavy (non-hydrogen) atoms. The van der Waals surface area contributed by atoms with E-state index in [1.165, 1.54) is 4.57 Å². The summed E-state index contributed by atoms with van der Waals surface area (Å²) in [6, 6.07) is 10.4. The molecule has 0 N–H and O–H groups in total. The van der Waals surface area contributed by atoms with Crippen molar-refractivity contribution in [2.24, 2.45) is 7.05 Å². The Morgan fingerprint density at radius 3 is 2.56 bits per heavy atom. The number of rotatable bonds is 7. The van der Waals surface area contributed by atoms with Crippen molar-refractivity contribution in [3.05, 3.63) is 69.3 Å². The normalized spacial score (nSPS) is 11.2. The summed E-state index contributed by atoms with van der Waals surface area (Å²) in [5.41, 5.74) is 2.74. The Morgan fingerprint density at radius 1 is 1.16 bits per heavy atom.